The molecule has 4 nitrogen and oxygen atoms in total. The van der Waals surface area contributed by atoms with Crippen LogP contribution in [0.4, 0.5) is 0 Å². The summed E-state index contributed by atoms with van der Waals surface area (Å²) in [7, 11) is 0. The molecule has 0 spiro atoms. The summed E-state index contributed by atoms with van der Waals surface area (Å²) in [5.74, 6) is 0.431. The van der Waals surface area contributed by atoms with Gasteiger partial charge in [-0.25, -0.2) is 4.99 Å². The van der Waals surface area contributed by atoms with E-state index in [1.807, 2.05) is 12.1 Å². The first kappa shape index (κ1) is 9.21. The Bertz CT molecular complexity index is 378. The summed E-state index contributed by atoms with van der Waals surface area (Å²) in [6.45, 7) is 0. The Hall–Kier alpha value is -1.36. The average Bonchev–Trinajstić information content (AvgIpc) is 2.68. The van der Waals surface area contributed by atoms with Gasteiger partial charge in [-0.1, -0.05) is 36.0 Å². The molecule has 2 rings (SSSR count). The second-order valence-corrected chi connectivity index (χ2v) is 3.81. The molecule has 14 heavy (non-hydrogen) atoms. The van der Waals surface area contributed by atoms with Gasteiger partial charge in [0.15, 0.2) is 0 Å². The van der Waals surface area contributed by atoms with Gasteiger partial charge in [-0.2, -0.15) is 0 Å². The van der Waals surface area contributed by atoms with Crippen molar-refractivity contribution in [1.29, 1.82) is 0 Å². The predicted molar refractivity (Wildman–Crippen MR) is 55.1 cm³/mol. The summed E-state index contributed by atoms with van der Waals surface area (Å²) >= 11 is 1.43. The number of rotatable bonds is 2. The highest BCUT2D eigenvalue weighted by Gasteiger charge is 2.27. The average molecular weight is 207 g/mol. The molecule has 0 bridgehead atoms. The summed E-state index contributed by atoms with van der Waals surface area (Å²) in [5, 5.41) is 11.2. The van der Waals surface area contributed by atoms with Crippen LogP contribution in [0.25, 0.3) is 0 Å². The fourth-order valence-electron chi connectivity index (χ4n) is 1.16. The van der Waals surface area contributed by atoms with Crippen LogP contribution in [0.3, 0.4) is 0 Å². The van der Waals surface area contributed by atoms with Gasteiger partial charge >= 0.3 is 6.17 Å². The summed E-state index contributed by atoms with van der Waals surface area (Å²) in [6.07, 6.45) is -0.779. The zero-order valence-corrected chi connectivity index (χ0v) is 8.03. The fraction of sp³-hybridized carbons (Fsp3) is 0.222. The standard InChI is InChI=1S/C9H7N2O2S/c12-11(13)8-6-14-9(10-8)7-4-2-1-3-5-7/h2-5,8H,6H2. The van der Waals surface area contributed by atoms with Gasteiger partial charge in [0.2, 0.25) is 0 Å². The lowest BCUT2D eigenvalue weighted by Crippen LogP contribution is -2.15. The molecule has 1 unspecified atom stereocenters. The second-order valence-electron chi connectivity index (χ2n) is 2.80. The van der Waals surface area contributed by atoms with E-state index in [4.69, 9.17) is 0 Å². The molecule has 0 aromatic heterocycles. The topological polar surface area (TPSA) is 55.5 Å². The molecule has 5 heteroatoms. The molecule has 0 saturated heterocycles. The van der Waals surface area contributed by atoms with Crippen LogP contribution >= 0.6 is 11.8 Å². The number of hydrogen-bond donors (Lipinski definition) is 0. The van der Waals surface area contributed by atoms with E-state index in [1.54, 1.807) is 12.1 Å². The highest BCUT2D eigenvalue weighted by molar-refractivity contribution is 8.14. The van der Waals surface area contributed by atoms with Crippen molar-refractivity contribution in [3.63, 3.8) is 0 Å². The Morgan fingerprint density at radius 1 is 1.57 bits per heavy atom. The van der Waals surface area contributed by atoms with Gasteiger partial charge in [-0.05, 0) is 6.07 Å². The molecule has 1 aliphatic heterocycles. The minimum absolute atomic E-state index is 0.352. The minimum Gasteiger partial charge on any atom is -0.262 e. The summed E-state index contributed by atoms with van der Waals surface area (Å²) in [4.78, 5) is 14.1. The zero-order chi connectivity index (χ0) is 9.97. The third kappa shape index (κ3) is 1.77. The first-order valence-electron chi connectivity index (χ1n) is 4.08. The quantitative estimate of drug-likeness (QED) is 0.546. The minimum atomic E-state index is -0.779. The van der Waals surface area contributed by atoms with Crippen molar-refractivity contribution in [2.45, 2.75) is 6.17 Å². The maximum atomic E-state index is 10.5. The van der Waals surface area contributed by atoms with E-state index in [2.05, 4.69) is 11.1 Å². The smallest absolute Gasteiger partial charge is 0.262 e. The lowest BCUT2D eigenvalue weighted by Gasteiger charge is -1.95. The Kier molecular flexibility index (Phi) is 2.49. The largest absolute Gasteiger partial charge is 0.314 e. The molecule has 1 atom stereocenters. The third-order valence-electron chi connectivity index (χ3n) is 1.84. The molecule has 1 aromatic rings. The number of nitrogens with zero attached hydrogens (tertiary/aromatic N) is 2. The van der Waals surface area contributed by atoms with Gasteiger partial charge < -0.3 is 0 Å². The molecule has 1 aliphatic rings. The number of hydrogen-bond acceptors (Lipinski definition) is 4. The summed E-state index contributed by atoms with van der Waals surface area (Å²) in [6, 6.07) is 10.2. The molecular weight excluding hydrogens is 200 g/mol. The predicted octanol–water partition coefficient (Wildman–Crippen LogP) is 1.58. The molecule has 0 amide bonds. The van der Waals surface area contributed by atoms with Crippen LogP contribution in [0, 0.1) is 16.2 Å². The van der Waals surface area contributed by atoms with Gasteiger partial charge in [0.1, 0.15) is 5.04 Å². The van der Waals surface area contributed by atoms with Crippen molar-refractivity contribution in [3.05, 3.63) is 46.0 Å². The van der Waals surface area contributed by atoms with E-state index in [9.17, 15) is 10.1 Å². The highest BCUT2D eigenvalue weighted by Crippen LogP contribution is 2.23. The lowest BCUT2D eigenvalue weighted by atomic mass is 10.2. The van der Waals surface area contributed by atoms with Gasteiger partial charge in [0, 0.05) is 10.5 Å². The van der Waals surface area contributed by atoms with E-state index in [-0.39, 0.29) is 4.92 Å². The highest BCUT2D eigenvalue weighted by atomic mass is 32.2. The zero-order valence-electron chi connectivity index (χ0n) is 7.21. The Morgan fingerprint density at radius 2 is 2.29 bits per heavy atom. The molecule has 0 N–H and O–H groups in total. The molecule has 1 heterocycles. The van der Waals surface area contributed by atoms with Crippen molar-refractivity contribution >= 4 is 16.8 Å². The Balaban J connectivity index is 2.22. The summed E-state index contributed by atoms with van der Waals surface area (Å²) < 4.78 is 0. The number of benzene rings is 1. The van der Waals surface area contributed by atoms with Crippen LogP contribution in [0.2, 0.25) is 0 Å². The van der Waals surface area contributed by atoms with Gasteiger partial charge in [0.05, 0.1) is 5.75 Å². The second kappa shape index (κ2) is 3.79. The van der Waals surface area contributed by atoms with Crippen LogP contribution in [-0.2, 0) is 0 Å². The molecular formula is C9H7N2O2S. The van der Waals surface area contributed by atoms with Crippen LogP contribution in [-0.4, -0.2) is 21.9 Å². The molecule has 1 radical (unpaired) electrons. The van der Waals surface area contributed by atoms with E-state index < -0.39 is 6.17 Å². The summed E-state index contributed by atoms with van der Waals surface area (Å²) in [5.41, 5.74) is 0.929. The van der Waals surface area contributed by atoms with Crippen LogP contribution in [0.5, 0.6) is 0 Å². The monoisotopic (exact) mass is 207 g/mol. The van der Waals surface area contributed by atoms with Crippen molar-refractivity contribution in [3.8, 4) is 0 Å². The maximum Gasteiger partial charge on any atom is 0.314 e. The molecule has 71 valence electrons. The molecule has 0 fully saturated rings. The van der Waals surface area contributed by atoms with Crippen LogP contribution in [0.15, 0.2) is 29.3 Å². The lowest BCUT2D eigenvalue weighted by molar-refractivity contribution is -0.513. The first-order chi connectivity index (χ1) is 6.77. The van der Waals surface area contributed by atoms with E-state index in [1.165, 1.54) is 11.8 Å². The van der Waals surface area contributed by atoms with Crippen molar-refractivity contribution in [1.82, 2.24) is 0 Å². The first-order valence-corrected chi connectivity index (χ1v) is 5.06. The van der Waals surface area contributed by atoms with Crippen LogP contribution < -0.4 is 0 Å². The molecule has 1 aromatic carbocycles. The normalized spacial score (nSPS) is 20.6. The number of thioether (sulfide) groups is 1. The van der Waals surface area contributed by atoms with Crippen molar-refractivity contribution in [2.75, 3.05) is 5.75 Å². The Morgan fingerprint density at radius 3 is 2.86 bits per heavy atom. The van der Waals surface area contributed by atoms with Crippen molar-refractivity contribution in [2.24, 2.45) is 4.99 Å². The van der Waals surface area contributed by atoms with Gasteiger partial charge in [0.25, 0.3) is 0 Å². The van der Waals surface area contributed by atoms with E-state index >= 15 is 0 Å². The fourth-order valence-corrected chi connectivity index (χ4v) is 2.16. The van der Waals surface area contributed by atoms with Gasteiger partial charge in [-0.15, -0.1) is 0 Å². The maximum absolute atomic E-state index is 10.5. The van der Waals surface area contributed by atoms with E-state index in [0.717, 1.165) is 10.6 Å². The van der Waals surface area contributed by atoms with Crippen molar-refractivity contribution < 1.29 is 4.92 Å². The molecule has 0 aliphatic carbocycles. The van der Waals surface area contributed by atoms with E-state index in [0.29, 0.717) is 5.75 Å². The van der Waals surface area contributed by atoms with Gasteiger partial charge in [-0.3, -0.25) is 10.1 Å². The Labute approximate surface area is 85.2 Å². The number of aliphatic imine (C=N–C) groups is 1. The SMILES string of the molecule is O=[N+]([O-])C1CSC(c2cc[c]cc2)=N1. The third-order valence-corrected chi connectivity index (χ3v) is 2.92. The number of nitro groups is 1. The van der Waals surface area contributed by atoms with Crippen LogP contribution in [0.1, 0.15) is 5.56 Å². The molecule has 0 saturated carbocycles.